The Morgan fingerprint density at radius 1 is 0.439 bits per heavy atom. The van der Waals surface area contributed by atoms with Gasteiger partial charge in [0.05, 0.1) is 0 Å². The molecule has 0 aliphatic carbocycles. The summed E-state index contributed by atoms with van der Waals surface area (Å²) in [5.74, 6) is 70.1. The quantitative estimate of drug-likeness (QED) is 0.373. The first-order chi connectivity index (χ1) is 20.4. The lowest BCUT2D eigenvalue weighted by atomic mass is 10.3. The highest BCUT2D eigenvalue weighted by molar-refractivity contribution is 5.73. The number of rotatable bonds is 0. The fourth-order valence-electron chi connectivity index (χ4n) is 2.23. The molecule has 0 saturated carbocycles. The molecule has 0 spiro atoms. The highest BCUT2D eigenvalue weighted by Gasteiger charge is 2.12. The number of hydrogen-bond donors (Lipinski definition) is 0. The summed E-state index contributed by atoms with van der Waals surface area (Å²) in [6.07, 6.45) is 11.6. The van der Waals surface area contributed by atoms with Gasteiger partial charge >= 0.3 is 0 Å². The molecule has 2 nitrogen and oxygen atoms in total. The molecule has 0 aliphatic rings. The van der Waals surface area contributed by atoms with Gasteiger partial charge in [0, 0.05) is 82.9 Å². The van der Waals surface area contributed by atoms with E-state index in [1.54, 1.807) is 15.5 Å². The minimum Gasteiger partial charge on any atom is -0.147 e. The van der Waals surface area contributed by atoms with E-state index in [0.717, 1.165) is 11.0 Å². The number of hydrogen-bond acceptors (Lipinski definition) is 0. The van der Waals surface area contributed by atoms with Crippen molar-refractivity contribution in [3.8, 4) is 191 Å². The summed E-state index contributed by atoms with van der Waals surface area (Å²) in [6, 6.07) is 13.5. The third-order valence-corrected chi connectivity index (χ3v) is 3.63. The Labute approximate surface area is 241 Å². The van der Waals surface area contributed by atoms with Gasteiger partial charge in [-0.1, -0.05) is 12.1 Å². The van der Waals surface area contributed by atoms with Gasteiger partial charge in [0.25, 0.3) is 6.33 Å². The average molecular weight is 503 g/mol. The summed E-state index contributed by atoms with van der Waals surface area (Å²) < 4.78 is 3.40. The first-order valence-electron chi connectivity index (χ1n) is 10.8. The molecule has 0 N–H and O–H groups in total. The molecule has 0 saturated heterocycles. The molecule has 1 aromatic carbocycles. The number of para-hydroxylation sites is 2. The molecule has 2 heteroatoms. The summed E-state index contributed by atoms with van der Waals surface area (Å²) in [7, 11) is 0. The summed E-state index contributed by atoms with van der Waals surface area (Å²) >= 11 is 0. The lowest BCUT2D eigenvalue weighted by molar-refractivity contribution is -0.555. The number of imidazole rings is 1. The predicted octanol–water partition coefficient (Wildman–Crippen LogP) is 0.854. The van der Waals surface area contributed by atoms with E-state index in [9.17, 15) is 0 Å². The molecule has 2 aromatic rings. The van der Waals surface area contributed by atoms with Crippen molar-refractivity contribution in [1.82, 2.24) is 4.57 Å². The Kier molecular flexibility index (Phi) is 14.0. The first kappa shape index (κ1) is 28.9. The van der Waals surface area contributed by atoms with Gasteiger partial charge in [0.1, 0.15) is 12.1 Å². The smallest absolute Gasteiger partial charge is 0.147 e. The second-order valence-electron chi connectivity index (χ2n) is 6.11. The molecule has 0 atom stereocenters. The molecule has 172 valence electrons. The zero-order valence-electron chi connectivity index (χ0n) is 20.9. The van der Waals surface area contributed by atoms with E-state index in [1.807, 2.05) is 24.3 Å². The lowest BCUT2D eigenvalue weighted by Gasteiger charge is -1.83. The van der Waals surface area contributed by atoms with Crippen LogP contribution in [0.3, 0.4) is 0 Å². The van der Waals surface area contributed by atoms with Crippen molar-refractivity contribution in [2.75, 3.05) is 0 Å². The number of fused-ring (bicyclic) bond motifs is 1. The predicted molar refractivity (Wildman–Crippen MR) is 159 cm³/mol. The summed E-state index contributed by atoms with van der Waals surface area (Å²) in [5, 5.41) is 0. The molecular formula is C39H7N2+. The van der Waals surface area contributed by atoms with Gasteiger partial charge in [-0.25, -0.2) is 0 Å². The van der Waals surface area contributed by atoms with Crippen molar-refractivity contribution in [1.29, 1.82) is 0 Å². The van der Waals surface area contributed by atoms with E-state index in [4.69, 9.17) is 12.8 Å². The van der Waals surface area contributed by atoms with Gasteiger partial charge in [-0.2, -0.15) is 0 Å². The van der Waals surface area contributed by atoms with Crippen LogP contribution < -0.4 is 4.57 Å². The number of nitrogens with zero attached hydrogens (tertiary/aromatic N) is 2. The number of aromatic nitrogens is 2. The van der Waals surface area contributed by atoms with Crippen molar-refractivity contribution >= 4 is 11.0 Å². The van der Waals surface area contributed by atoms with E-state index in [-0.39, 0.29) is 0 Å². The molecule has 41 heavy (non-hydrogen) atoms. The fourth-order valence-corrected chi connectivity index (χ4v) is 2.23. The van der Waals surface area contributed by atoms with Crippen molar-refractivity contribution in [2.45, 2.75) is 0 Å². The monoisotopic (exact) mass is 503 g/mol. The summed E-state index contributed by atoms with van der Waals surface area (Å²) in [5.41, 5.74) is 1.69. The zero-order valence-corrected chi connectivity index (χ0v) is 20.9. The standard InChI is InChI=1S/C39H7N2/c1-3-5-7-9-11-13-15-17-19-21-23-25-27-31-35-40-37-41(39-34-30-29-33-38(39)40)36-32-28-26-24-22-20-18-16-14-12-10-8-6-4-2/h1-2,29-30,33-34,37H/q+1. The Hall–Kier alpha value is -8.35. The topological polar surface area (TPSA) is 8.81 Å². The van der Waals surface area contributed by atoms with E-state index < -0.39 is 0 Å². The molecular weight excluding hydrogens is 496 g/mol. The molecule has 2 rings (SSSR count). The third-order valence-electron chi connectivity index (χ3n) is 3.63. The van der Waals surface area contributed by atoms with Gasteiger partial charge in [0.2, 0.25) is 0 Å². The average Bonchev–Trinajstić information content (AvgIpc) is 3.35. The maximum absolute atomic E-state index is 4.96. The van der Waals surface area contributed by atoms with Crippen molar-refractivity contribution in [3.63, 3.8) is 0 Å². The normalized spacial score (nSPS) is 5.71. The SMILES string of the molecule is C#CC#CC#CC#CC#CC#CC#CC#Cn1c[n+](C#CC#CC#CC#CC#CC#CC#CC#C)c2ccccc21. The number of benzene rings is 1. The van der Waals surface area contributed by atoms with E-state index in [2.05, 4.69) is 178 Å². The van der Waals surface area contributed by atoms with Crippen LogP contribution in [-0.2, 0) is 0 Å². The minimum atomic E-state index is 0.844. The van der Waals surface area contributed by atoms with Crippen LogP contribution in [0.2, 0.25) is 0 Å². The zero-order chi connectivity index (χ0) is 29.1. The molecule has 0 aliphatic heterocycles. The van der Waals surface area contributed by atoms with Gasteiger partial charge in [-0.05, 0) is 95.0 Å². The van der Waals surface area contributed by atoms with E-state index in [1.165, 1.54) is 0 Å². The molecule has 1 aromatic heterocycles. The third kappa shape index (κ3) is 12.8. The second-order valence-corrected chi connectivity index (χ2v) is 6.11. The second kappa shape index (κ2) is 19.9. The lowest BCUT2D eigenvalue weighted by Crippen LogP contribution is -2.25. The van der Waals surface area contributed by atoms with Gasteiger partial charge < -0.3 is 0 Å². The minimum absolute atomic E-state index is 0.844. The van der Waals surface area contributed by atoms with Crippen LogP contribution in [0, 0.1) is 191 Å². The molecule has 0 amide bonds. The van der Waals surface area contributed by atoms with Crippen LogP contribution in [0.5, 0.6) is 0 Å². The summed E-state index contributed by atoms with van der Waals surface area (Å²) in [4.78, 5) is 0. The van der Waals surface area contributed by atoms with Crippen LogP contribution in [0.25, 0.3) is 11.0 Å². The molecule has 0 bridgehead atoms. The van der Waals surface area contributed by atoms with Gasteiger partial charge in [-0.15, -0.1) is 22.0 Å². The Morgan fingerprint density at radius 2 is 0.805 bits per heavy atom. The van der Waals surface area contributed by atoms with Crippen molar-refractivity contribution < 1.29 is 4.57 Å². The van der Waals surface area contributed by atoms with Crippen LogP contribution in [-0.4, -0.2) is 4.57 Å². The fraction of sp³-hybridized carbons (Fsp3) is 0. The Bertz CT molecular complexity index is 2230. The van der Waals surface area contributed by atoms with Crippen LogP contribution >= 0.6 is 0 Å². The van der Waals surface area contributed by atoms with Crippen LogP contribution in [0.1, 0.15) is 0 Å². The highest BCUT2D eigenvalue weighted by atomic mass is 15.1. The molecule has 1 heterocycles. The van der Waals surface area contributed by atoms with Crippen molar-refractivity contribution in [3.05, 3.63) is 30.6 Å². The van der Waals surface area contributed by atoms with Crippen LogP contribution in [0.15, 0.2) is 30.6 Å². The molecule has 0 radical (unpaired) electrons. The largest absolute Gasteiger partial charge is 0.271 e. The maximum atomic E-state index is 4.96. The van der Waals surface area contributed by atoms with Gasteiger partial charge in [0.15, 0.2) is 11.0 Å². The van der Waals surface area contributed by atoms with Crippen LogP contribution in [0.4, 0.5) is 0 Å². The van der Waals surface area contributed by atoms with E-state index >= 15 is 0 Å². The van der Waals surface area contributed by atoms with E-state index in [0.29, 0.717) is 0 Å². The number of terminal acetylenes is 2. The molecule has 0 unspecified atom stereocenters. The first-order valence-corrected chi connectivity index (χ1v) is 10.8. The molecule has 0 fully saturated rings. The van der Waals surface area contributed by atoms with Crippen molar-refractivity contribution in [2.24, 2.45) is 0 Å². The highest BCUT2D eigenvalue weighted by Crippen LogP contribution is 2.08. The maximum Gasteiger partial charge on any atom is 0.271 e. The Balaban J connectivity index is 2.06. The Morgan fingerprint density at radius 3 is 1.24 bits per heavy atom. The summed E-state index contributed by atoms with van der Waals surface area (Å²) in [6.45, 7) is 0. The van der Waals surface area contributed by atoms with Gasteiger partial charge in [-0.3, -0.25) is 0 Å².